The molecule has 2 aliphatic rings. The molecular formula is C13H15N. The van der Waals surface area contributed by atoms with Gasteiger partial charge in [0.15, 0.2) is 0 Å². The maximum atomic E-state index is 4.54. The van der Waals surface area contributed by atoms with E-state index in [4.69, 9.17) is 0 Å². The summed E-state index contributed by atoms with van der Waals surface area (Å²) < 4.78 is 0. The van der Waals surface area contributed by atoms with Crippen LogP contribution in [0.4, 0.5) is 0 Å². The van der Waals surface area contributed by atoms with E-state index in [0.29, 0.717) is 0 Å². The number of rotatable bonds is 0. The van der Waals surface area contributed by atoms with Crippen molar-refractivity contribution in [1.29, 1.82) is 0 Å². The van der Waals surface area contributed by atoms with Gasteiger partial charge in [0.2, 0.25) is 0 Å². The fourth-order valence-electron chi connectivity index (χ4n) is 2.75. The molecule has 0 bridgehead atoms. The van der Waals surface area contributed by atoms with Crippen molar-refractivity contribution >= 4 is 11.1 Å². The van der Waals surface area contributed by atoms with Gasteiger partial charge in [0.25, 0.3) is 0 Å². The van der Waals surface area contributed by atoms with Crippen LogP contribution in [0.5, 0.6) is 0 Å². The summed E-state index contributed by atoms with van der Waals surface area (Å²) in [5, 5.41) is 2.81. The Kier molecular flexibility index (Phi) is 1.73. The fourth-order valence-corrected chi connectivity index (χ4v) is 2.75. The monoisotopic (exact) mass is 185 g/mol. The van der Waals surface area contributed by atoms with Crippen molar-refractivity contribution in [3.05, 3.63) is 28.4 Å². The lowest BCUT2D eigenvalue weighted by Gasteiger charge is -2.20. The molecule has 0 aromatic carbocycles. The van der Waals surface area contributed by atoms with Gasteiger partial charge in [0.05, 0.1) is 5.35 Å². The van der Waals surface area contributed by atoms with Crippen LogP contribution >= 0.6 is 0 Å². The second-order valence-electron chi connectivity index (χ2n) is 4.43. The van der Waals surface area contributed by atoms with Crippen LogP contribution in [-0.4, -0.2) is 4.98 Å². The van der Waals surface area contributed by atoms with Crippen LogP contribution in [0.2, 0.25) is 0 Å². The second-order valence-corrected chi connectivity index (χ2v) is 4.43. The zero-order valence-corrected chi connectivity index (χ0v) is 8.64. The molecule has 0 saturated heterocycles. The van der Waals surface area contributed by atoms with Crippen molar-refractivity contribution in [1.82, 2.24) is 4.98 Å². The third-order valence-corrected chi connectivity index (χ3v) is 3.52. The van der Waals surface area contributed by atoms with Gasteiger partial charge in [-0.05, 0) is 56.2 Å². The molecule has 14 heavy (non-hydrogen) atoms. The molecule has 3 rings (SSSR count). The summed E-state index contributed by atoms with van der Waals surface area (Å²) in [5.41, 5.74) is 4.68. The smallest absolute Gasteiger partial charge is 0.0693 e. The summed E-state index contributed by atoms with van der Waals surface area (Å²) in [6, 6.07) is 2.20. The van der Waals surface area contributed by atoms with Gasteiger partial charge in [-0.1, -0.05) is 5.57 Å². The Bertz CT molecular complexity index is 496. The Morgan fingerprint density at radius 3 is 3.00 bits per heavy atom. The summed E-state index contributed by atoms with van der Waals surface area (Å²) in [7, 11) is 0. The highest BCUT2D eigenvalue weighted by Gasteiger charge is 2.15. The summed E-state index contributed by atoms with van der Waals surface area (Å²) >= 11 is 0. The minimum absolute atomic E-state index is 1.22. The lowest BCUT2D eigenvalue weighted by molar-refractivity contribution is 0.774. The van der Waals surface area contributed by atoms with Gasteiger partial charge in [0.1, 0.15) is 0 Å². The van der Waals surface area contributed by atoms with Crippen molar-refractivity contribution in [2.45, 2.75) is 39.0 Å². The molecule has 0 atom stereocenters. The van der Waals surface area contributed by atoms with E-state index in [0.717, 1.165) is 0 Å². The first-order chi connectivity index (χ1) is 6.86. The van der Waals surface area contributed by atoms with Crippen molar-refractivity contribution < 1.29 is 0 Å². The predicted octanol–water partition coefficient (Wildman–Crippen LogP) is 1.53. The van der Waals surface area contributed by atoms with E-state index in [1.165, 1.54) is 53.8 Å². The van der Waals surface area contributed by atoms with E-state index in [1.807, 2.05) is 6.20 Å². The maximum Gasteiger partial charge on any atom is 0.0693 e. The third kappa shape index (κ3) is 1.05. The lowest BCUT2D eigenvalue weighted by Crippen LogP contribution is -2.39. The van der Waals surface area contributed by atoms with Crippen molar-refractivity contribution in [3.8, 4) is 0 Å². The van der Waals surface area contributed by atoms with Crippen LogP contribution in [-0.2, 0) is 6.42 Å². The molecule has 2 aliphatic carbocycles. The molecule has 0 saturated carbocycles. The number of aryl methyl sites for hydroxylation is 1. The molecule has 0 fully saturated rings. The average molecular weight is 185 g/mol. The van der Waals surface area contributed by atoms with E-state index in [2.05, 4.69) is 18.0 Å². The second kappa shape index (κ2) is 2.94. The van der Waals surface area contributed by atoms with Crippen LogP contribution in [0.25, 0.3) is 11.1 Å². The van der Waals surface area contributed by atoms with Gasteiger partial charge in [0, 0.05) is 11.4 Å². The Balaban J connectivity index is 2.52. The van der Waals surface area contributed by atoms with E-state index in [9.17, 15) is 0 Å². The van der Waals surface area contributed by atoms with Crippen molar-refractivity contribution in [3.63, 3.8) is 0 Å². The van der Waals surface area contributed by atoms with Crippen LogP contribution in [0.15, 0.2) is 12.3 Å². The molecule has 1 heteroatoms. The molecule has 1 heterocycles. The molecule has 1 nitrogen and oxygen atoms in total. The highest BCUT2D eigenvalue weighted by molar-refractivity contribution is 5.58. The first-order valence-corrected chi connectivity index (χ1v) is 5.52. The molecule has 72 valence electrons. The number of nitrogens with zero attached hydrogens (tertiary/aromatic N) is 1. The van der Waals surface area contributed by atoms with Crippen LogP contribution in [0.3, 0.4) is 0 Å². The summed E-state index contributed by atoms with van der Waals surface area (Å²) in [6.45, 7) is 2.23. The predicted molar refractivity (Wildman–Crippen MR) is 58.1 cm³/mol. The Morgan fingerprint density at radius 1 is 1.14 bits per heavy atom. The molecule has 1 aromatic heterocycles. The lowest BCUT2D eigenvalue weighted by atomic mass is 9.86. The first kappa shape index (κ1) is 8.22. The number of pyridine rings is 1. The van der Waals surface area contributed by atoms with Gasteiger partial charge >= 0.3 is 0 Å². The van der Waals surface area contributed by atoms with Gasteiger partial charge in [-0.15, -0.1) is 0 Å². The van der Waals surface area contributed by atoms with E-state index in [1.54, 1.807) is 5.57 Å². The minimum Gasteiger partial charge on any atom is -0.256 e. The van der Waals surface area contributed by atoms with Crippen molar-refractivity contribution in [2.75, 3.05) is 0 Å². The largest absolute Gasteiger partial charge is 0.256 e. The highest BCUT2D eigenvalue weighted by Crippen LogP contribution is 2.22. The number of hydrogen-bond acceptors (Lipinski definition) is 1. The molecule has 1 aromatic rings. The van der Waals surface area contributed by atoms with E-state index >= 15 is 0 Å². The molecule has 0 aliphatic heterocycles. The number of hydrogen-bond donors (Lipinski definition) is 0. The molecule has 0 unspecified atom stereocenters. The summed E-state index contributed by atoms with van der Waals surface area (Å²) in [4.78, 5) is 4.54. The molecule has 0 radical (unpaired) electrons. The summed E-state index contributed by atoms with van der Waals surface area (Å²) in [5.74, 6) is 0. The molecule has 0 amide bonds. The highest BCUT2D eigenvalue weighted by atomic mass is 14.6. The minimum atomic E-state index is 1.22. The Labute approximate surface area is 84.2 Å². The normalized spacial score (nSPS) is 19.5. The van der Waals surface area contributed by atoms with Crippen LogP contribution in [0.1, 0.15) is 38.2 Å². The quantitative estimate of drug-likeness (QED) is 0.597. The average Bonchev–Trinajstić information content (AvgIpc) is 2.24. The van der Waals surface area contributed by atoms with Gasteiger partial charge in [-0.3, -0.25) is 4.98 Å². The topological polar surface area (TPSA) is 12.9 Å². The third-order valence-electron chi connectivity index (χ3n) is 3.52. The van der Waals surface area contributed by atoms with Crippen molar-refractivity contribution in [2.24, 2.45) is 0 Å². The van der Waals surface area contributed by atoms with Gasteiger partial charge in [-0.25, -0.2) is 0 Å². The maximum absolute atomic E-state index is 4.54. The van der Waals surface area contributed by atoms with Gasteiger partial charge in [-0.2, -0.15) is 0 Å². The SMILES string of the molecule is CC1=c2nccc3c2=C(CCC3)CC1. The van der Waals surface area contributed by atoms with E-state index in [-0.39, 0.29) is 0 Å². The van der Waals surface area contributed by atoms with Crippen LogP contribution in [0, 0.1) is 0 Å². The standard InChI is InChI=1S/C13H15N/c1-9-5-6-10-3-2-4-11-7-8-14-13(9)12(10)11/h7-8H,2-6H2,1H3. The fraction of sp³-hybridized carbons (Fsp3) is 0.462. The molecular weight excluding hydrogens is 170 g/mol. The zero-order valence-electron chi connectivity index (χ0n) is 8.64. The van der Waals surface area contributed by atoms with Gasteiger partial charge < -0.3 is 0 Å². The first-order valence-electron chi connectivity index (χ1n) is 5.52. The zero-order chi connectivity index (χ0) is 9.54. The van der Waals surface area contributed by atoms with E-state index < -0.39 is 0 Å². The Hall–Kier alpha value is -1.11. The summed E-state index contributed by atoms with van der Waals surface area (Å²) in [6.07, 6.45) is 8.37. The molecule has 0 spiro atoms. The Morgan fingerprint density at radius 2 is 2.07 bits per heavy atom. The molecule has 0 N–H and O–H groups in total. The van der Waals surface area contributed by atoms with Crippen LogP contribution < -0.4 is 10.6 Å². The number of aromatic nitrogens is 1.